The van der Waals surface area contributed by atoms with Gasteiger partial charge < -0.3 is 4.74 Å². The SMILES string of the molecule is CC(C)(C)C1OC(=O)[C@](C)(CC=CCN2C(=O)c3ccccc3C2=O)N1C(=O)c1ccccc1. The molecular weight excluding hydrogens is 432 g/mol. The number of amides is 3. The largest absolute Gasteiger partial charge is 0.439 e. The number of fused-ring (bicyclic) bond motifs is 1. The number of benzene rings is 2. The Morgan fingerprint density at radius 2 is 1.50 bits per heavy atom. The normalized spacial score (nSPS) is 22.5. The molecule has 176 valence electrons. The first-order valence-corrected chi connectivity index (χ1v) is 11.3. The number of esters is 1. The number of carbonyl (C=O) groups excluding carboxylic acids is 4. The molecule has 0 spiro atoms. The van der Waals surface area contributed by atoms with E-state index in [1.54, 1.807) is 67.6 Å². The van der Waals surface area contributed by atoms with Gasteiger partial charge in [-0.2, -0.15) is 0 Å². The first-order chi connectivity index (χ1) is 16.1. The minimum Gasteiger partial charge on any atom is -0.439 e. The molecule has 0 N–H and O–H groups in total. The molecule has 2 heterocycles. The molecule has 7 heteroatoms. The van der Waals surface area contributed by atoms with Gasteiger partial charge in [0.05, 0.1) is 11.1 Å². The second-order valence-electron chi connectivity index (χ2n) is 9.88. The predicted molar refractivity (Wildman–Crippen MR) is 126 cm³/mol. The van der Waals surface area contributed by atoms with Gasteiger partial charge in [0, 0.05) is 17.5 Å². The molecule has 0 bridgehead atoms. The van der Waals surface area contributed by atoms with Crippen LogP contribution in [0.15, 0.2) is 66.7 Å². The minimum absolute atomic E-state index is 0.0762. The minimum atomic E-state index is -1.23. The molecule has 0 aliphatic carbocycles. The van der Waals surface area contributed by atoms with Gasteiger partial charge in [0.25, 0.3) is 17.7 Å². The molecule has 2 aromatic rings. The molecule has 2 atom stereocenters. The van der Waals surface area contributed by atoms with Crippen LogP contribution in [-0.4, -0.2) is 51.8 Å². The van der Waals surface area contributed by atoms with E-state index in [1.165, 1.54) is 9.80 Å². The highest BCUT2D eigenvalue weighted by atomic mass is 16.6. The van der Waals surface area contributed by atoms with Crippen molar-refractivity contribution in [3.63, 3.8) is 0 Å². The molecule has 2 aromatic carbocycles. The number of imide groups is 1. The fourth-order valence-electron chi connectivity index (χ4n) is 4.33. The molecular formula is C27H28N2O5. The van der Waals surface area contributed by atoms with E-state index in [2.05, 4.69) is 0 Å². The Labute approximate surface area is 199 Å². The first kappa shape index (κ1) is 23.4. The molecule has 34 heavy (non-hydrogen) atoms. The van der Waals surface area contributed by atoms with Crippen molar-refractivity contribution >= 4 is 23.7 Å². The number of carbonyl (C=O) groups is 4. The summed E-state index contributed by atoms with van der Waals surface area (Å²) in [4.78, 5) is 54.4. The third-order valence-corrected chi connectivity index (χ3v) is 6.25. The van der Waals surface area contributed by atoms with Crippen molar-refractivity contribution in [3.8, 4) is 0 Å². The maximum absolute atomic E-state index is 13.5. The van der Waals surface area contributed by atoms with Crippen LogP contribution in [0, 0.1) is 5.41 Å². The summed E-state index contributed by atoms with van der Waals surface area (Å²) in [6, 6.07) is 15.5. The van der Waals surface area contributed by atoms with Gasteiger partial charge in [-0.3, -0.25) is 24.2 Å². The van der Waals surface area contributed by atoms with Crippen LogP contribution in [0.25, 0.3) is 0 Å². The van der Waals surface area contributed by atoms with Gasteiger partial charge in [0.2, 0.25) is 0 Å². The molecule has 1 unspecified atom stereocenters. The molecule has 1 fully saturated rings. The lowest BCUT2D eigenvalue weighted by Crippen LogP contribution is -2.54. The van der Waals surface area contributed by atoms with Crippen LogP contribution in [0.4, 0.5) is 0 Å². The van der Waals surface area contributed by atoms with Crippen molar-refractivity contribution in [1.29, 1.82) is 0 Å². The summed E-state index contributed by atoms with van der Waals surface area (Å²) < 4.78 is 5.72. The summed E-state index contributed by atoms with van der Waals surface area (Å²) in [5, 5.41) is 0. The lowest BCUT2D eigenvalue weighted by atomic mass is 9.89. The average molecular weight is 461 g/mol. The maximum Gasteiger partial charge on any atom is 0.334 e. The molecule has 0 radical (unpaired) electrons. The zero-order valence-electron chi connectivity index (χ0n) is 19.8. The molecule has 0 aromatic heterocycles. The number of nitrogens with zero attached hydrogens (tertiary/aromatic N) is 2. The van der Waals surface area contributed by atoms with E-state index in [9.17, 15) is 19.2 Å². The highest BCUT2D eigenvalue weighted by Crippen LogP contribution is 2.40. The smallest absolute Gasteiger partial charge is 0.334 e. The van der Waals surface area contributed by atoms with Crippen molar-refractivity contribution in [2.45, 2.75) is 45.9 Å². The molecule has 7 nitrogen and oxygen atoms in total. The van der Waals surface area contributed by atoms with E-state index in [0.29, 0.717) is 16.7 Å². The van der Waals surface area contributed by atoms with Gasteiger partial charge in [0.15, 0.2) is 6.23 Å². The van der Waals surface area contributed by atoms with Gasteiger partial charge in [-0.15, -0.1) is 0 Å². The summed E-state index contributed by atoms with van der Waals surface area (Å²) in [6.07, 6.45) is 2.85. The second-order valence-corrected chi connectivity index (χ2v) is 9.88. The molecule has 1 saturated heterocycles. The van der Waals surface area contributed by atoms with Crippen LogP contribution in [-0.2, 0) is 9.53 Å². The Balaban J connectivity index is 1.55. The number of cyclic esters (lactones) is 1. The van der Waals surface area contributed by atoms with Crippen molar-refractivity contribution in [1.82, 2.24) is 9.80 Å². The van der Waals surface area contributed by atoms with Crippen molar-refractivity contribution in [2.75, 3.05) is 6.54 Å². The Morgan fingerprint density at radius 3 is 2.06 bits per heavy atom. The number of hydrogen-bond donors (Lipinski definition) is 0. The number of ether oxygens (including phenoxy) is 1. The standard InChI is InChI=1S/C27H28N2O5/c1-26(2,3)24-29(21(30)18-12-6-5-7-13-18)27(4,25(33)34-24)16-10-11-17-28-22(31)19-14-8-9-15-20(19)23(28)32/h5-15,24H,16-17H2,1-4H3/t24?,27-/m0/s1. The lowest BCUT2D eigenvalue weighted by Gasteiger charge is -2.38. The van der Waals surface area contributed by atoms with Gasteiger partial charge in [-0.25, -0.2) is 4.79 Å². The van der Waals surface area contributed by atoms with Crippen LogP contribution in [0.1, 0.15) is 65.2 Å². The molecule has 3 amide bonds. The topological polar surface area (TPSA) is 84.0 Å². The Hall–Kier alpha value is -3.74. The van der Waals surface area contributed by atoms with E-state index >= 15 is 0 Å². The van der Waals surface area contributed by atoms with Gasteiger partial charge in [-0.1, -0.05) is 63.3 Å². The Morgan fingerprint density at radius 1 is 0.941 bits per heavy atom. The summed E-state index contributed by atoms with van der Waals surface area (Å²) in [5.41, 5.74) is -0.485. The van der Waals surface area contributed by atoms with Gasteiger partial charge in [-0.05, 0) is 37.6 Å². The number of hydrogen-bond acceptors (Lipinski definition) is 5. The summed E-state index contributed by atoms with van der Waals surface area (Å²) in [5.74, 6) is -1.46. The van der Waals surface area contributed by atoms with E-state index in [1.807, 2.05) is 26.8 Å². The van der Waals surface area contributed by atoms with Gasteiger partial charge >= 0.3 is 5.97 Å². The van der Waals surface area contributed by atoms with Crippen LogP contribution >= 0.6 is 0 Å². The van der Waals surface area contributed by atoms with E-state index in [4.69, 9.17) is 4.74 Å². The summed E-state index contributed by atoms with van der Waals surface area (Å²) in [6.45, 7) is 7.52. The predicted octanol–water partition coefficient (Wildman–Crippen LogP) is 4.06. The lowest BCUT2D eigenvalue weighted by molar-refractivity contribution is -0.148. The number of rotatable bonds is 5. The Bertz CT molecular complexity index is 1150. The van der Waals surface area contributed by atoms with Crippen molar-refractivity contribution in [2.24, 2.45) is 5.41 Å². The van der Waals surface area contributed by atoms with Crippen LogP contribution in [0.5, 0.6) is 0 Å². The second kappa shape index (κ2) is 8.56. The highest BCUT2D eigenvalue weighted by molar-refractivity contribution is 6.21. The molecule has 4 rings (SSSR count). The average Bonchev–Trinajstić information content (AvgIpc) is 3.22. The Kier molecular flexibility index (Phi) is 5.89. The van der Waals surface area contributed by atoms with Crippen LogP contribution in [0.2, 0.25) is 0 Å². The quantitative estimate of drug-likeness (QED) is 0.382. The van der Waals surface area contributed by atoms with E-state index in [-0.39, 0.29) is 30.7 Å². The van der Waals surface area contributed by atoms with Gasteiger partial charge in [0.1, 0.15) is 5.54 Å². The van der Waals surface area contributed by atoms with Crippen LogP contribution in [0.3, 0.4) is 0 Å². The van der Waals surface area contributed by atoms with Crippen molar-refractivity contribution < 1.29 is 23.9 Å². The third kappa shape index (κ3) is 3.91. The first-order valence-electron chi connectivity index (χ1n) is 11.3. The highest BCUT2D eigenvalue weighted by Gasteiger charge is 2.57. The summed E-state index contributed by atoms with van der Waals surface area (Å²) >= 11 is 0. The molecule has 2 aliphatic rings. The monoisotopic (exact) mass is 460 g/mol. The summed E-state index contributed by atoms with van der Waals surface area (Å²) in [7, 11) is 0. The zero-order valence-corrected chi connectivity index (χ0v) is 19.8. The van der Waals surface area contributed by atoms with Crippen LogP contribution < -0.4 is 0 Å². The van der Waals surface area contributed by atoms with Crippen molar-refractivity contribution in [3.05, 3.63) is 83.4 Å². The fourth-order valence-corrected chi connectivity index (χ4v) is 4.33. The zero-order chi connectivity index (χ0) is 24.7. The molecule has 2 aliphatic heterocycles. The van der Waals surface area contributed by atoms with E-state index < -0.39 is 23.2 Å². The maximum atomic E-state index is 13.5. The molecule has 0 saturated carbocycles. The fraction of sp³-hybridized carbons (Fsp3) is 0.333. The van der Waals surface area contributed by atoms with E-state index in [0.717, 1.165) is 0 Å². The third-order valence-electron chi connectivity index (χ3n) is 6.25.